The molecule has 0 fully saturated rings. The molecule has 0 spiro atoms. The molecule has 4 nitrogen and oxygen atoms in total. The monoisotopic (exact) mass is 410 g/mol. The molecule has 2 aromatic rings. The van der Waals surface area contributed by atoms with Crippen LogP contribution in [0.15, 0.2) is 19.7 Å². The van der Waals surface area contributed by atoms with Crippen molar-refractivity contribution in [2.24, 2.45) is 7.05 Å². The van der Waals surface area contributed by atoms with E-state index in [4.69, 9.17) is 0 Å². The highest BCUT2D eigenvalue weighted by Crippen LogP contribution is 2.23. The highest BCUT2D eigenvalue weighted by Gasteiger charge is 2.13. The number of hydrogen-bond acceptors (Lipinski definition) is 2. The topological polar surface area (TPSA) is 35.6 Å². The Balaban J connectivity index is 2.37. The van der Waals surface area contributed by atoms with Gasteiger partial charge in [0.15, 0.2) is 0 Å². The summed E-state index contributed by atoms with van der Waals surface area (Å²) in [4.78, 5) is 0. The van der Waals surface area contributed by atoms with Gasteiger partial charge in [0.05, 0.1) is 22.4 Å². The van der Waals surface area contributed by atoms with Crippen molar-refractivity contribution in [1.29, 1.82) is 0 Å². The predicted octanol–water partition coefficient (Wildman–Crippen LogP) is 3.26. The molecule has 7 heteroatoms. The van der Waals surface area contributed by atoms with E-state index in [-0.39, 0.29) is 0 Å². The minimum Gasteiger partial charge on any atom is -0.269 e. The highest BCUT2D eigenvalue weighted by atomic mass is 79.9. The first-order valence-electron chi connectivity index (χ1n) is 4.56. The molecule has 0 unspecified atom stereocenters. The Labute approximate surface area is 118 Å². The van der Waals surface area contributed by atoms with Crippen molar-refractivity contribution in [3.8, 4) is 0 Å². The summed E-state index contributed by atoms with van der Waals surface area (Å²) in [5.74, 6) is 0. The Morgan fingerprint density at radius 1 is 1.25 bits per heavy atom. The van der Waals surface area contributed by atoms with Crippen LogP contribution in [0.4, 0.5) is 0 Å². The first-order chi connectivity index (χ1) is 7.49. The lowest BCUT2D eigenvalue weighted by molar-refractivity contribution is 0.606. The van der Waals surface area contributed by atoms with Crippen LogP contribution < -0.4 is 0 Å². The maximum atomic E-state index is 4.34. The van der Waals surface area contributed by atoms with E-state index < -0.39 is 0 Å². The third kappa shape index (κ3) is 2.26. The Morgan fingerprint density at radius 3 is 2.38 bits per heavy atom. The molecule has 0 bridgehead atoms. The maximum absolute atomic E-state index is 4.34. The van der Waals surface area contributed by atoms with E-state index in [1.165, 1.54) is 0 Å². The third-order valence-electron chi connectivity index (χ3n) is 2.26. The average molecular weight is 413 g/mol. The van der Waals surface area contributed by atoms with Gasteiger partial charge in [-0.05, 0) is 54.7 Å². The lowest BCUT2D eigenvalue weighted by Gasteiger charge is -2.04. The molecule has 0 radical (unpaired) electrons. The summed E-state index contributed by atoms with van der Waals surface area (Å²) >= 11 is 10.3. The molecular formula is C9H9Br3N4. The molecule has 2 heterocycles. The van der Waals surface area contributed by atoms with Crippen LogP contribution in [0.2, 0.25) is 0 Å². The first-order valence-corrected chi connectivity index (χ1v) is 6.93. The Morgan fingerprint density at radius 2 is 1.94 bits per heavy atom. The van der Waals surface area contributed by atoms with Crippen molar-refractivity contribution >= 4 is 47.8 Å². The normalized spacial score (nSPS) is 11.1. The minimum atomic E-state index is 0.671. The number of aromatic nitrogens is 4. The summed E-state index contributed by atoms with van der Waals surface area (Å²) in [6.07, 6.45) is 0. The molecule has 0 aromatic carbocycles. The van der Waals surface area contributed by atoms with Crippen molar-refractivity contribution in [3.63, 3.8) is 0 Å². The van der Waals surface area contributed by atoms with Crippen LogP contribution in [-0.2, 0) is 13.6 Å². The zero-order valence-corrected chi connectivity index (χ0v) is 13.5. The minimum absolute atomic E-state index is 0.671. The second-order valence-corrected chi connectivity index (χ2v) is 5.84. The van der Waals surface area contributed by atoms with Gasteiger partial charge in [-0.3, -0.25) is 9.36 Å². The van der Waals surface area contributed by atoms with Gasteiger partial charge in [0, 0.05) is 13.1 Å². The van der Waals surface area contributed by atoms with Crippen LogP contribution in [0.3, 0.4) is 0 Å². The molecular weight excluding hydrogens is 404 g/mol. The number of rotatable bonds is 2. The van der Waals surface area contributed by atoms with Crippen molar-refractivity contribution < 1.29 is 0 Å². The molecule has 0 aliphatic carbocycles. The lowest BCUT2D eigenvalue weighted by atomic mass is 10.3. The summed E-state index contributed by atoms with van der Waals surface area (Å²) in [6.45, 7) is 2.64. The summed E-state index contributed by atoms with van der Waals surface area (Å²) in [5.41, 5.74) is 2.08. The second kappa shape index (κ2) is 4.62. The van der Waals surface area contributed by atoms with Gasteiger partial charge < -0.3 is 0 Å². The van der Waals surface area contributed by atoms with Crippen LogP contribution >= 0.6 is 47.8 Å². The number of aryl methyl sites for hydroxylation is 2. The van der Waals surface area contributed by atoms with Crippen LogP contribution in [0.1, 0.15) is 11.4 Å². The molecule has 2 aromatic heterocycles. The van der Waals surface area contributed by atoms with E-state index in [2.05, 4.69) is 58.0 Å². The van der Waals surface area contributed by atoms with Gasteiger partial charge in [-0.15, -0.1) is 0 Å². The van der Waals surface area contributed by atoms with Gasteiger partial charge in [0.25, 0.3) is 0 Å². The largest absolute Gasteiger partial charge is 0.269 e. The fourth-order valence-corrected chi connectivity index (χ4v) is 3.07. The molecule has 0 saturated carbocycles. The van der Waals surface area contributed by atoms with E-state index in [0.29, 0.717) is 6.54 Å². The van der Waals surface area contributed by atoms with Crippen molar-refractivity contribution in [1.82, 2.24) is 19.6 Å². The van der Waals surface area contributed by atoms with Crippen LogP contribution in [0, 0.1) is 6.92 Å². The molecule has 0 atom stereocenters. The first kappa shape index (κ1) is 12.3. The van der Waals surface area contributed by atoms with Gasteiger partial charge in [-0.1, -0.05) is 0 Å². The summed E-state index contributed by atoms with van der Waals surface area (Å²) in [6, 6.07) is 1.91. The second-order valence-electron chi connectivity index (χ2n) is 3.42. The van der Waals surface area contributed by atoms with Gasteiger partial charge in [0.2, 0.25) is 0 Å². The molecule has 2 rings (SSSR count). The van der Waals surface area contributed by atoms with E-state index in [9.17, 15) is 0 Å². The molecule has 0 aliphatic heterocycles. The fraction of sp³-hybridized carbons (Fsp3) is 0.333. The van der Waals surface area contributed by atoms with E-state index in [1.54, 1.807) is 0 Å². The quantitative estimate of drug-likeness (QED) is 0.759. The van der Waals surface area contributed by atoms with Gasteiger partial charge >= 0.3 is 0 Å². The average Bonchev–Trinajstić information content (AvgIpc) is 2.62. The maximum Gasteiger partial charge on any atom is 0.129 e. The zero-order valence-electron chi connectivity index (χ0n) is 8.71. The predicted molar refractivity (Wildman–Crippen MR) is 72.4 cm³/mol. The molecule has 0 saturated heterocycles. The zero-order chi connectivity index (χ0) is 11.9. The molecule has 0 N–H and O–H groups in total. The van der Waals surface area contributed by atoms with Gasteiger partial charge in [-0.25, -0.2) is 0 Å². The summed E-state index contributed by atoms with van der Waals surface area (Å²) in [7, 11) is 1.93. The highest BCUT2D eigenvalue weighted by molar-refractivity contribution is 9.11. The van der Waals surface area contributed by atoms with E-state index >= 15 is 0 Å². The summed E-state index contributed by atoms with van der Waals surface area (Å²) in [5, 5.41) is 8.67. The Bertz CT molecular complexity index is 529. The van der Waals surface area contributed by atoms with Gasteiger partial charge in [-0.2, -0.15) is 10.2 Å². The van der Waals surface area contributed by atoms with Crippen LogP contribution in [0.25, 0.3) is 0 Å². The number of halogens is 3. The molecule has 16 heavy (non-hydrogen) atoms. The van der Waals surface area contributed by atoms with E-state index in [1.807, 2.05) is 29.4 Å². The lowest BCUT2D eigenvalue weighted by Crippen LogP contribution is -2.07. The van der Waals surface area contributed by atoms with Gasteiger partial charge in [0.1, 0.15) is 9.21 Å². The van der Waals surface area contributed by atoms with Crippen molar-refractivity contribution in [3.05, 3.63) is 31.1 Å². The molecule has 86 valence electrons. The smallest absolute Gasteiger partial charge is 0.129 e. The van der Waals surface area contributed by atoms with Crippen LogP contribution in [-0.4, -0.2) is 19.6 Å². The number of hydrogen-bond donors (Lipinski definition) is 0. The van der Waals surface area contributed by atoms with Crippen molar-refractivity contribution in [2.45, 2.75) is 13.5 Å². The summed E-state index contributed by atoms with van der Waals surface area (Å²) < 4.78 is 6.51. The van der Waals surface area contributed by atoms with Crippen LogP contribution in [0.5, 0.6) is 0 Å². The standard InChI is InChI=1S/C9H9Br3N4/c1-5-9(12)6(15(2)13-5)4-16-8(11)3-7(10)14-16/h3H,4H2,1-2H3. The Kier molecular flexibility index (Phi) is 3.56. The molecule has 0 amide bonds. The van der Waals surface area contributed by atoms with Crippen molar-refractivity contribution in [2.75, 3.05) is 0 Å². The third-order valence-corrected chi connectivity index (χ3v) is 4.32. The SMILES string of the molecule is Cc1nn(C)c(Cn2nc(Br)cc2Br)c1Br. The fourth-order valence-electron chi connectivity index (χ4n) is 1.47. The molecule has 0 aliphatic rings. The van der Waals surface area contributed by atoms with E-state index in [0.717, 1.165) is 25.1 Å². The Hall–Kier alpha value is -0.140. The number of nitrogens with zero attached hydrogens (tertiary/aromatic N) is 4.